The molecule has 1 aromatic heterocycles. The third-order valence-corrected chi connectivity index (χ3v) is 2.95. The number of hydrazine groups is 1. The lowest BCUT2D eigenvalue weighted by molar-refractivity contribution is 0.413. The maximum absolute atomic E-state index is 5.68. The monoisotopic (exact) mass is 243 g/mol. The summed E-state index contributed by atoms with van der Waals surface area (Å²) in [7, 11) is 1.65. The Labute approximate surface area is 107 Å². The fourth-order valence-corrected chi connectivity index (χ4v) is 1.99. The van der Waals surface area contributed by atoms with Crippen LogP contribution >= 0.6 is 0 Å². The van der Waals surface area contributed by atoms with Crippen LogP contribution in [0.2, 0.25) is 0 Å². The van der Waals surface area contributed by atoms with Gasteiger partial charge in [0.1, 0.15) is 5.75 Å². The number of ether oxygens (including phenoxy) is 1. The second-order valence-corrected chi connectivity index (χ2v) is 4.05. The number of methoxy groups -OCH3 is 1. The summed E-state index contributed by atoms with van der Waals surface area (Å²) in [6, 6.07) is 11.7. The summed E-state index contributed by atoms with van der Waals surface area (Å²) in [4.78, 5) is 4.29. The zero-order valence-electron chi connectivity index (χ0n) is 10.6. The molecule has 1 heterocycles. The molecule has 2 rings (SSSR count). The minimum absolute atomic E-state index is 0.0891. The van der Waals surface area contributed by atoms with E-state index in [1.165, 1.54) is 0 Å². The van der Waals surface area contributed by atoms with Crippen LogP contribution in [0.3, 0.4) is 0 Å². The van der Waals surface area contributed by atoms with Gasteiger partial charge in [0.05, 0.1) is 13.2 Å². The molecule has 2 aromatic rings. The van der Waals surface area contributed by atoms with Crippen LogP contribution in [0.4, 0.5) is 0 Å². The predicted octanol–water partition coefficient (Wildman–Crippen LogP) is 1.95. The van der Waals surface area contributed by atoms with Gasteiger partial charge in [-0.2, -0.15) is 0 Å². The van der Waals surface area contributed by atoms with E-state index in [1.54, 1.807) is 13.3 Å². The van der Waals surface area contributed by atoms with E-state index < -0.39 is 0 Å². The van der Waals surface area contributed by atoms with Gasteiger partial charge in [0.2, 0.25) is 0 Å². The molecule has 0 saturated carbocycles. The van der Waals surface area contributed by atoms with Crippen LogP contribution < -0.4 is 16.0 Å². The van der Waals surface area contributed by atoms with Crippen molar-refractivity contribution in [1.29, 1.82) is 0 Å². The molecular weight excluding hydrogens is 226 g/mol. The number of aromatic nitrogens is 1. The Hall–Kier alpha value is -1.91. The molecule has 0 amide bonds. The number of hydrogen-bond donors (Lipinski definition) is 2. The lowest BCUT2D eigenvalue weighted by atomic mass is 9.98. The molecule has 18 heavy (non-hydrogen) atoms. The Morgan fingerprint density at radius 3 is 2.78 bits per heavy atom. The van der Waals surface area contributed by atoms with Gasteiger partial charge in [-0.3, -0.25) is 10.8 Å². The van der Waals surface area contributed by atoms with Crippen LogP contribution in [0.1, 0.15) is 22.9 Å². The standard InChI is InChI=1S/C14H17N3O/c1-10-13(7-4-8-16-10)14(17-15)11-5-3-6-12(9-11)18-2/h3-9,14,17H,15H2,1-2H3. The smallest absolute Gasteiger partial charge is 0.119 e. The van der Waals surface area contributed by atoms with Crippen molar-refractivity contribution in [2.45, 2.75) is 13.0 Å². The van der Waals surface area contributed by atoms with Crippen LogP contribution in [0, 0.1) is 6.92 Å². The first-order chi connectivity index (χ1) is 8.76. The third-order valence-electron chi connectivity index (χ3n) is 2.95. The van der Waals surface area contributed by atoms with Crippen LogP contribution in [0.5, 0.6) is 5.75 Å². The average Bonchev–Trinajstić information content (AvgIpc) is 2.42. The maximum atomic E-state index is 5.68. The highest BCUT2D eigenvalue weighted by atomic mass is 16.5. The van der Waals surface area contributed by atoms with Gasteiger partial charge in [-0.1, -0.05) is 18.2 Å². The minimum atomic E-state index is -0.0891. The van der Waals surface area contributed by atoms with Crippen molar-refractivity contribution in [3.63, 3.8) is 0 Å². The first kappa shape index (κ1) is 12.5. The van der Waals surface area contributed by atoms with E-state index in [1.807, 2.05) is 43.3 Å². The number of rotatable bonds is 4. The number of nitrogens with two attached hydrogens (primary N) is 1. The molecule has 0 fully saturated rings. The van der Waals surface area contributed by atoms with Crippen molar-refractivity contribution >= 4 is 0 Å². The van der Waals surface area contributed by atoms with Gasteiger partial charge in [-0.15, -0.1) is 0 Å². The summed E-state index contributed by atoms with van der Waals surface area (Å²) in [6.45, 7) is 1.97. The molecule has 1 atom stereocenters. The Morgan fingerprint density at radius 2 is 2.11 bits per heavy atom. The number of aryl methyl sites for hydroxylation is 1. The quantitative estimate of drug-likeness (QED) is 0.636. The lowest BCUT2D eigenvalue weighted by Crippen LogP contribution is -2.29. The second kappa shape index (κ2) is 5.62. The first-order valence-corrected chi connectivity index (χ1v) is 5.78. The largest absolute Gasteiger partial charge is 0.497 e. The van der Waals surface area contributed by atoms with E-state index in [0.29, 0.717) is 0 Å². The van der Waals surface area contributed by atoms with Crippen molar-refractivity contribution in [3.05, 3.63) is 59.4 Å². The molecule has 0 aliphatic carbocycles. The fraction of sp³-hybridized carbons (Fsp3) is 0.214. The highest BCUT2D eigenvalue weighted by Gasteiger charge is 2.15. The minimum Gasteiger partial charge on any atom is -0.497 e. The molecule has 3 N–H and O–H groups in total. The van der Waals surface area contributed by atoms with E-state index >= 15 is 0 Å². The summed E-state index contributed by atoms with van der Waals surface area (Å²) in [5, 5.41) is 0. The molecule has 0 aliphatic rings. The molecule has 1 aromatic carbocycles. The fourth-order valence-electron chi connectivity index (χ4n) is 1.99. The first-order valence-electron chi connectivity index (χ1n) is 5.78. The third kappa shape index (κ3) is 2.50. The Kier molecular flexibility index (Phi) is 3.92. The van der Waals surface area contributed by atoms with E-state index in [9.17, 15) is 0 Å². The van der Waals surface area contributed by atoms with Crippen molar-refractivity contribution in [1.82, 2.24) is 10.4 Å². The van der Waals surface area contributed by atoms with Crippen molar-refractivity contribution in [2.75, 3.05) is 7.11 Å². The van der Waals surface area contributed by atoms with E-state index in [2.05, 4.69) is 10.4 Å². The van der Waals surface area contributed by atoms with Crippen molar-refractivity contribution < 1.29 is 4.74 Å². The number of benzene rings is 1. The molecule has 0 bridgehead atoms. The van der Waals surface area contributed by atoms with Gasteiger partial charge >= 0.3 is 0 Å². The lowest BCUT2D eigenvalue weighted by Gasteiger charge is -2.18. The molecule has 0 radical (unpaired) electrons. The zero-order chi connectivity index (χ0) is 13.0. The van der Waals surface area contributed by atoms with Crippen molar-refractivity contribution in [2.24, 2.45) is 5.84 Å². The molecule has 0 saturated heterocycles. The van der Waals surface area contributed by atoms with Gasteiger partial charge < -0.3 is 4.74 Å². The normalized spacial score (nSPS) is 12.2. The highest BCUT2D eigenvalue weighted by molar-refractivity contribution is 5.37. The van der Waals surface area contributed by atoms with Crippen LogP contribution in [0.15, 0.2) is 42.6 Å². The van der Waals surface area contributed by atoms with Gasteiger partial charge in [0, 0.05) is 11.9 Å². The molecular formula is C14H17N3O. The summed E-state index contributed by atoms with van der Waals surface area (Å²) in [6.07, 6.45) is 1.78. The highest BCUT2D eigenvalue weighted by Crippen LogP contribution is 2.25. The molecule has 0 spiro atoms. The molecule has 4 heteroatoms. The van der Waals surface area contributed by atoms with Crippen LogP contribution in [0.25, 0.3) is 0 Å². The molecule has 94 valence electrons. The Balaban J connectivity index is 2.42. The van der Waals surface area contributed by atoms with Crippen molar-refractivity contribution in [3.8, 4) is 5.75 Å². The van der Waals surface area contributed by atoms with Gasteiger partial charge in [-0.25, -0.2) is 5.43 Å². The van der Waals surface area contributed by atoms with E-state index in [4.69, 9.17) is 10.6 Å². The van der Waals surface area contributed by atoms with E-state index in [-0.39, 0.29) is 6.04 Å². The zero-order valence-corrected chi connectivity index (χ0v) is 10.6. The Morgan fingerprint density at radius 1 is 1.28 bits per heavy atom. The van der Waals surface area contributed by atoms with Gasteiger partial charge in [-0.05, 0) is 36.2 Å². The Bertz CT molecular complexity index is 528. The van der Waals surface area contributed by atoms with Crippen LogP contribution in [-0.2, 0) is 0 Å². The number of hydrogen-bond acceptors (Lipinski definition) is 4. The summed E-state index contributed by atoms with van der Waals surface area (Å²) in [5.74, 6) is 6.49. The average molecular weight is 243 g/mol. The molecule has 1 unspecified atom stereocenters. The number of pyridine rings is 1. The molecule has 4 nitrogen and oxygen atoms in total. The SMILES string of the molecule is COc1cccc(C(NN)c2cccnc2C)c1. The summed E-state index contributed by atoms with van der Waals surface area (Å²) < 4.78 is 5.23. The van der Waals surface area contributed by atoms with E-state index in [0.717, 1.165) is 22.6 Å². The molecule has 0 aliphatic heterocycles. The number of nitrogens with zero attached hydrogens (tertiary/aromatic N) is 1. The number of nitrogens with one attached hydrogen (secondary N) is 1. The van der Waals surface area contributed by atoms with Gasteiger partial charge in [0.15, 0.2) is 0 Å². The van der Waals surface area contributed by atoms with Gasteiger partial charge in [0.25, 0.3) is 0 Å². The maximum Gasteiger partial charge on any atom is 0.119 e. The second-order valence-electron chi connectivity index (χ2n) is 4.05. The summed E-state index contributed by atoms with van der Waals surface area (Å²) in [5.41, 5.74) is 5.90. The summed E-state index contributed by atoms with van der Waals surface area (Å²) >= 11 is 0. The predicted molar refractivity (Wildman–Crippen MR) is 71.1 cm³/mol. The van der Waals surface area contributed by atoms with Crippen LogP contribution in [-0.4, -0.2) is 12.1 Å². The topological polar surface area (TPSA) is 60.2 Å².